The first-order valence-corrected chi connectivity index (χ1v) is 5.48. The molecule has 0 amide bonds. The predicted octanol–water partition coefficient (Wildman–Crippen LogP) is 2.13. The normalized spacial score (nSPS) is 28.4. The largest absolute Gasteiger partial charge is 0.297 e. The number of Topliss-reactive ketones (excluding diaryl/α,β-unsaturated/α-hetero) is 1. The van der Waals surface area contributed by atoms with Crippen molar-refractivity contribution >= 4 is 12.0 Å². The molecule has 3 rings (SSSR count). The SMILES string of the molecule is O=C1c2ccccc2C[C@@H]2CCN=CC12. The number of rotatable bonds is 0. The molecule has 1 aliphatic heterocycles. The summed E-state index contributed by atoms with van der Waals surface area (Å²) in [4.78, 5) is 16.4. The van der Waals surface area contributed by atoms with Gasteiger partial charge in [0.25, 0.3) is 0 Å². The summed E-state index contributed by atoms with van der Waals surface area (Å²) in [6.07, 6.45) is 3.96. The van der Waals surface area contributed by atoms with E-state index in [0.29, 0.717) is 5.92 Å². The van der Waals surface area contributed by atoms with Gasteiger partial charge in [-0.2, -0.15) is 0 Å². The Morgan fingerprint density at radius 1 is 1.27 bits per heavy atom. The molecular weight excluding hydrogens is 186 g/mol. The average molecular weight is 199 g/mol. The molecule has 1 unspecified atom stereocenters. The zero-order valence-corrected chi connectivity index (χ0v) is 8.52. The van der Waals surface area contributed by atoms with E-state index >= 15 is 0 Å². The Bertz CT molecular complexity index is 436. The van der Waals surface area contributed by atoms with Crippen LogP contribution in [0.4, 0.5) is 0 Å². The van der Waals surface area contributed by atoms with Crippen molar-refractivity contribution < 1.29 is 4.79 Å². The molecule has 15 heavy (non-hydrogen) atoms. The Morgan fingerprint density at radius 2 is 2.13 bits per heavy atom. The third kappa shape index (κ3) is 1.32. The fourth-order valence-corrected chi connectivity index (χ4v) is 2.64. The van der Waals surface area contributed by atoms with Gasteiger partial charge in [-0.25, -0.2) is 0 Å². The van der Waals surface area contributed by atoms with Gasteiger partial charge in [0.2, 0.25) is 0 Å². The van der Waals surface area contributed by atoms with Gasteiger partial charge < -0.3 is 0 Å². The molecule has 0 saturated carbocycles. The standard InChI is InChI=1S/C13H13NO/c15-13-11-4-2-1-3-9(11)7-10-5-6-14-8-12(10)13/h1-4,8,10,12H,5-7H2/t10-,12?/m0/s1. The first kappa shape index (κ1) is 8.84. The average Bonchev–Trinajstić information content (AvgIpc) is 2.30. The number of nitrogens with zero attached hydrogens (tertiary/aromatic N) is 1. The fourth-order valence-electron chi connectivity index (χ4n) is 2.64. The van der Waals surface area contributed by atoms with Crippen LogP contribution in [0.5, 0.6) is 0 Å². The van der Waals surface area contributed by atoms with Crippen molar-refractivity contribution in [1.29, 1.82) is 0 Å². The Labute approximate surface area is 89.0 Å². The van der Waals surface area contributed by atoms with Crippen LogP contribution in [0.3, 0.4) is 0 Å². The van der Waals surface area contributed by atoms with Crippen molar-refractivity contribution in [2.24, 2.45) is 16.8 Å². The molecule has 0 radical (unpaired) electrons. The molecule has 2 aliphatic rings. The van der Waals surface area contributed by atoms with E-state index < -0.39 is 0 Å². The minimum atomic E-state index is 0.0497. The minimum Gasteiger partial charge on any atom is -0.297 e. The molecule has 2 nitrogen and oxygen atoms in total. The van der Waals surface area contributed by atoms with E-state index in [1.54, 1.807) is 0 Å². The highest BCUT2D eigenvalue weighted by molar-refractivity contribution is 6.08. The van der Waals surface area contributed by atoms with Crippen molar-refractivity contribution in [1.82, 2.24) is 0 Å². The Balaban J connectivity index is 2.08. The van der Waals surface area contributed by atoms with Crippen LogP contribution in [0.2, 0.25) is 0 Å². The molecule has 1 aliphatic carbocycles. The lowest BCUT2D eigenvalue weighted by Crippen LogP contribution is -2.35. The third-order valence-electron chi connectivity index (χ3n) is 3.47. The first-order chi connectivity index (χ1) is 7.36. The summed E-state index contributed by atoms with van der Waals surface area (Å²) >= 11 is 0. The highest BCUT2D eigenvalue weighted by Crippen LogP contribution is 2.32. The van der Waals surface area contributed by atoms with Crippen LogP contribution in [-0.4, -0.2) is 18.5 Å². The van der Waals surface area contributed by atoms with Gasteiger partial charge in [-0.1, -0.05) is 24.3 Å². The van der Waals surface area contributed by atoms with E-state index in [9.17, 15) is 4.79 Å². The molecule has 0 saturated heterocycles. The molecule has 2 atom stereocenters. The maximum atomic E-state index is 12.2. The Morgan fingerprint density at radius 3 is 3.07 bits per heavy atom. The lowest BCUT2D eigenvalue weighted by molar-refractivity contribution is 0.0902. The van der Waals surface area contributed by atoms with Crippen molar-refractivity contribution in [3.05, 3.63) is 35.4 Å². The van der Waals surface area contributed by atoms with Crippen LogP contribution < -0.4 is 0 Å². The van der Waals surface area contributed by atoms with Crippen molar-refractivity contribution in [3.63, 3.8) is 0 Å². The summed E-state index contributed by atoms with van der Waals surface area (Å²) in [7, 11) is 0. The van der Waals surface area contributed by atoms with Gasteiger partial charge in [0.15, 0.2) is 5.78 Å². The topological polar surface area (TPSA) is 29.4 Å². The van der Waals surface area contributed by atoms with E-state index in [1.165, 1.54) is 5.56 Å². The molecule has 0 bridgehead atoms. The quantitative estimate of drug-likeness (QED) is 0.629. The minimum absolute atomic E-state index is 0.0497. The number of ketones is 1. The molecule has 0 spiro atoms. The molecular formula is C13H13NO. The van der Waals surface area contributed by atoms with E-state index in [1.807, 2.05) is 24.4 Å². The summed E-state index contributed by atoms with van der Waals surface area (Å²) in [5.74, 6) is 0.809. The molecule has 0 aromatic heterocycles. The number of fused-ring (bicyclic) bond motifs is 2. The molecule has 1 heterocycles. The van der Waals surface area contributed by atoms with E-state index in [0.717, 1.165) is 24.9 Å². The molecule has 0 N–H and O–H groups in total. The fraction of sp³-hybridized carbons (Fsp3) is 0.385. The molecule has 2 heteroatoms. The molecule has 1 aromatic rings. The van der Waals surface area contributed by atoms with Gasteiger partial charge in [-0.15, -0.1) is 0 Å². The van der Waals surface area contributed by atoms with Gasteiger partial charge in [0, 0.05) is 18.3 Å². The zero-order valence-electron chi connectivity index (χ0n) is 8.52. The van der Waals surface area contributed by atoms with E-state index in [4.69, 9.17) is 0 Å². The zero-order chi connectivity index (χ0) is 10.3. The van der Waals surface area contributed by atoms with Crippen LogP contribution >= 0.6 is 0 Å². The van der Waals surface area contributed by atoms with Crippen molar-refractivity contribution in [2.75, 3.05) is 6.54 Å². The first-order valence-electron chi connectivity index (χ1n) is 5.48. The predicted molar refractivity (Wildman–Crippen MR) is 59.4 cm³/mol. The van der Waals surface area contributed by atoms with Gasteiger partial charge in [0.05, 0.1) is 5.92 Å². The maximum Gasteiger partial charge on any atom is 0.171 e. The van der Waals surface area contributed by atoms with Crippen molar-refractivity contribution in [2.45, 2.75) is 12.8 Å². The number of aliphatic imine (C=N–C) groups is 1. The number of benzene rings is 1. The lowest BCUT2D eigenvalue weighted by Gasteiger charge is -2.31. The molecule has 0 fully saturated rings. The van der Waals surface area contributed by atoms with E-state index in [2.05, 4.69) is 11.1 Å². The second-order valence-electron chi connectivity index (χ2n) is 4.36. The summed E-state index contributed by atoms with van der Waals surface area (Å²) in [5.41, 5.74) is 2.13. The highest BCUT2D eigenvalue weighted by atomic mass is 16.1. The van der Waals surface area contributed by atoms with Gasteiger partial charge >= 0.3 is 0 Å². The molecule has 1 aromatic carbocycles. The van der Waals surface area contributed by atoms with Crippen LogP contribution in [0.25, 0.3) is 0 Å². The van der Waals surface area contributed by atoms with Gasteiger partial charge in [0.1, 0.15) is 0 Å². The number of hydrogen-bond acceptors (Lipinski definition) is 2. The van der Waals surface area contributed by atoms with Crippen molar-refractivity contribution in [3.8, 4) is 0 Å². The third-order valence-corrected chi connectivity index (χ3v) is 3.47. The molecule has 76 valence electrons. The second-order valence-corrected chi connectivity index (χ2v) is 4.36. The monoisotopic (exact) mass is 199 g/mol. The summed E-state index contributed by atoms with van der Waals surface area (Å²) < 4.78 is 0. The second kappa shape index (κ2) is 3.30. The van der Waals surface area contributed by atoms with Crippen LogP contribution in [0.1, 0.15) is 22.3 Å². The summed E-state index contributed by atoms with van der Waals surface area (Å²) in [6.45, 7) is 0.886. The highest BCUT2D eigenvalue weighted by Gasteiger charge is 2.35. The summed E-state index contributed by atoms with van der Waals surface area (Å²) in [5, 5.41) is 0. The lowest BCUT2D eigenvalue weighted by atomic mass is 9.73. The number of carbonyl (C=O) groups excluding carboxylic acids is 1. The van der Waals surface area contributed by atoms with Gasteiger partial charge in [-0.05, 0) is 24.3 Å². The number of carbonyl (C=O) groups is 1. The van der Waals surface area contributed by atoms with E-state index in [-0.39, 0.29) is 11.7 Å². The van der Waals surface area contributed by atoms with Crippen LogP contribution in [0, 0.1) is 11.8 Å². The summed E-state index contributed by atoms with van der Waals surface area (Å²) in [6, 6.07) is 7.98. The van der Waals surface area contributed by atoms with Crippen LogP contribution in [0.15, 0.2) is 29.3 Å². The van der Waals surface area contributed by atoms with Gasteiger partial charge in [-0.3, -0.25) is 9.79 Å². The number of hydrogen-bond donors (Lipinski definition) is 0. The van der Waals surface area contributed by atoms with Crippen LogP contribution in [-0.2, 0) is 6.42 Å². The maximum absolute atomic E-state index is 12.2. The Kier molecular flexibility index (Phi) is 1.94. The Hall–Kier alpha value is -1.44. The smallest absolute Gasteiger partial charge is 0.171 e.